The van der Waals surface area contributed by atoms with E-state index in [2.05, 4.69) is 19.9 Å². The molecule has 3 aromatic rings. The van der Waals surface area contributed by atoms with Crippen LogP contribution in [0.3, 0.4) is 0 Å². The van der Waals surface area contributed by atoms with Gasteiger partial charge < -0.3 is 9.47 Å². The standard InChI is InChI=1S/C17H19N5O4S/c1-22-19-12-5-4-6-15(17(12)20-22)27(23,24)21-13-11-25-10-8-14(13)26-16-7-2-3-9-18-16/h2-7,9,13-14,21H,8,10-11H2,1H3/t13-,14-/m1/s1. The summed E-state index contributed by atoms with van der Waals surface area (Å²) in [4.78, 5) is 5.57. The second-order valence-corrected chi connectivity index (χ2v) is 7.91. The Labute approximate surface area is 156 Å². The van der Waals surface area contributed by atoms with Gasteiger partial charge in [-0.1, -0.05) is 12.1 Å². The Hall–Kier alpha value is -2.56. The highest BCUT2D eigenvalue weighted by molar-refractivity contribution is 7.89. The van der Waals surface area contributed by atoms with Gasteiger partial charge >= 0.3 is 0 Å². The summed E-state index contributed by atoms with van der Waals surface area (Å²) in [6.07, 6.45) is 1.80. The third kappa shape index (κ3) is 3.77. The van der Waals surface area contributed by atoms with Crippen LogP contribution in [0.4, 0.5) is 0 Å². The van der Waals surface area contributed by atoms with E-state index < -0.39 is 16.1 Å². The lowest BCUT2D eigenvalue weighted by Gasteiger charge is -2.31. The highest BCUT2D eigenvalue weighted by atomic mass is 32.2. The van der Waals surface area contributed by atoms with Gasteiger partial charge in [0.2, 0.25) is 15.9 Å². The molecular formula is C17H19N5O4S. The van der Waals surface area contributed by atoms with Gasteiger partial charge in [-0.2, -0.15) is 15.0 Å². The third-order valence-corrected chi connectivity index (χ3v) is 5.80. The number of sulfonamides is 1. The van der Waals surface area contributed by atoms with Gasteiger partial charge in [-0.3, -0.25) is 0 Å². The number of fused-ring (bicyclic) bond motifs is 1. The fourth-order valence-corrected chi connectivity index (χ4v) is 4.44. The van der Waals surface area contributed by atoms with Gasteiger partial charge in [0.15, 0.2) is 0 Å². The Morgan fingerprint density at radius 1 is 1.22 bits per heavy atom. The number of ether oxygens (including phenoxy) is 2. The maximum Gasteiger partial charge on any atom is 0.243 e. The molecule has 9 nitrogen and oxygen atoms in total. The second kappa shape index (κ2) is 7.22. The SMILES string of the molecule is Cn1nc2cccc(S(=O)(=O)N[C@@H]3COCC[C@H]3Oc3ccccn3)c2n1. The summed E-state index contributed by atoms with van der Waals surface area (Å²) in [6, 6.07) is 9.67. The first-order valence-electron chi connectivity index (χ1n) is 8.51. The average molecular weight is 389 g/mol. The molecule has 1 aliphatic rings. The fourth-order valence-electron chi connectivity index (χ4n) is 3.04. The summed E-state index contributed by atoms with van der Waals surface area (Å²) < 4.78 is 40.1. The lowest BCUT2D eigenvalue weighted by Crippen LogP contribution is -2.51. The van der Waals surface area contributed by atoms with Crippen LogP contribution in [0.5, 0.6) is 5.88 Å². The van der Waals surface area contributed by atoms with Gasteiger partial charge in [-0.05, 0) is 18.2 Å². The molecule has 0 spiro atoms. The van der Waals surface area contributed by atoms with Crippen LogP contribution in [0, 0.1) is 0 Å². The Morgan fingerprint density at radius 3 is 2.93 bits per heavy atom. The van der Waals surface area contributed by atoms with Gasteiger partial charge in [0.25, 0.3) is 0 Å². The van der Waals surface area contributed by atoms with E-state index in [9.17, 15) is 8.42 Å². The van der Waals surface area contributed by atoms with Gasteiger partial charge in [0.05, 0.1) is 19.3 Å². The van der Waals surface area contributed by atoms with Crippen LogP contribution in [0.2, 0.25) is 0 Å². The van der Waals surface area contributed by atoms with Crippen LogP contribution in [-0.4, -0.2) is 53.8 Å². The normalized spacial score (nSPS) is 20.6. The van der Waals surface area contributed by atoms with Crippen LogP contribution < -0.4 is 9.46 Å². The molecule has 0 radical (unpaired) electrons. The van der Waals surface area contributed by atoms with Crippen LogP contribution >= 0.6 is 0 Å². The maximum atomic E-state index is 13.0. The van der Waals surface area contributed by atoms with E-state index in [-0.39, 0.29) is 17.6 Å². The highest BCUT2D eigenvalue weighted by Gasteiger charge is 2.33. The number of nitrogens with one attached hydrogen (secondary N) is 1. The van der Waals surface area contributed by atoms with Gasteiger partial charge in [-0.25, -0.2) is 18.1 Å². The second-order valence-electron chi connectivity index (χ2n) is 6.23. The van der Waals surface area contributed by atoms with Crippen molar-refractivity contribution in [1.82, 2.24) is 24.7 Å². The number of pyridine rings is 1. The van der Waals surface area contributed by atoms with Crippen molar-refractivity contribution in [3.05, 3.63) is 42.6 Å². The Morgan fingerprint density at radius 2 is 2.11 bits per heavy atom. The lowest BCUT2D eigenvalue weighted by atomic mass is 10.1. The largest absolute Gasteiger partial charge is 0.472 e. The number of hydrogen-bond donors (Lipinski definition) is 1. The molecule has 0 bridgehead atoms. The molecule has 27 heavy (non-hydrogen) atoms. The summed E-state index contributed by atoms with van der Waals surface area (Å²) >= 11 is 0. The Bertz CT molecular complexity index is 1040. The molecule has 0 unspecified atom stereocenters. The van der Waals surface area contributed by atoms with Crippen LogP contribution in [0.25, 0.3) is 11.0 Å². The summed E-state index contributed by atoms with van der Waals surface area (Å²) in [5.74, 6) is 0.449. The van der Waals surface area contributed by atoms with Crippen molar-refractivity contribution in [3.8, 4) is 5.88 Å². The first kappa shape index (κ1) is 17.8. The number of aryl methyl sites for hydroxylation is 1. The number of nitrogens with zero attached hydrogens (tertiary/aromatic N) is 4. The molecule has 0 saturated carbocycles. The van der Waals surface area contributed by atoms with E-state index in [1.165, 1.54) is 10.9 Å². The molecule has 0 amide bonds. The average Bonchev–Trinajstić information content (AvgIpc) is 3.04. The topological polar surface area (TPSA) is 108 Å². The Balaban J connectivity index is 1.60. The quantitative estimate of drug-likeness (QED) is 0.690. The fraction of sp³-hybridized carbons (Fsp3) is 0.353. The van der Waals surface area contributed by atoms with Crippen LogP contribution in [-0.2, 0) is 21.8 Å². The van der Waals surface area contributed by atoms with Crippen molar-refractivity contribution in [1.29, 1.82) is 0 Å². The molecule has 1 aliphatic heterocycles. The molecule has 2 atom stereocenters. The highest BCUT2D eigenvalue weighted by Crippen LogP contribution is 2.22. The van der Waals surface area contributed by atoms with E-state index in [1.807, 2.05) is 6.07 Å². The van der Waals surface area contributed by atoms with E-state index in [1.54, 1.807) is 37.5 Å². The first-order chi connectivity index (χ1) is 13.0. The zero-order valence-corrected chi connectivity index (χ0v) is 15.5. The van der Waals surface area contributed by atoms with Crippen LogP contribution in [0.15, 0.2) is 47.5 Å². The molecule has 3 heterocycles. The number of aromatic nitrogens is 4. The minimum atomic E-state index is -3.84. The molecule has 1 aromatic carbocycles. The summed E-state index contributed by atoms with van der Waals surface area (Å²) in [7, 11) is -2.20. The monoisotopic (exact) mass is 389 g/mol. The summed E-state index contributed by atoms with van der Waals surface area (Å²) in [6.45, 7) is 0.711. The van der Waals surface area contributed by atoms with Crippen LogP contribution in [0.1, 0.15) is 6.42 Å². The Kier molecular flexibility index (Phi) is 4.77. The first-order valence-corrected chi connectivity index (χ1v) is 9.99. The van der Waals surface area contributed by atoms with Crippen molar-refractivity contribution in [2.45, 2.75) is 23.5 Å². The molecular weight excluding hydrogens is 370 g/mol. The lowest BCUT2D eigenvalue weighted by molar-refractivity contribution is 0.00150. The third-order valence-electron chi connectivity index (χ3n) is 4.27. The molecule has 1 fully saturated rings. The number of rotatable bonds is 5. The van der Waals surface area contributed by atoms with Crippen molar-refractivity contribution in [3.63, 3.8) is 0 Å². The predicted molar refractivity (Wildman–Crippen MR) is 96.7 cm³/mol. The van der Waals surface area contributed by atoms with Gasteiger partial charge in [-0.15, -0.1) is 0 Å². The predicted octanol–water partition coefficient (Wildman–Crippen LogP) is 0.878. The van der Waals surface area contributed by atoms with E-state index >= 15 is 0 Å². The molecule has 2 aromatic heterocycles. The van der Waals surface area contributed by atoms with Crippen molar-refractivity contribution >= 4 is 21.1 Å². The summed E-state index contributed by atoms with van der Waals surface area (Å²) in [5.41, 5.74) is 0.841. The number of hydrogen-bond acceptors (Lipinski definition) is 7. The minimum absolute atomic E-state index is 0.0789. The molecule has 0 aliphatic carbocycles. The molecule has 4 rings (SSSR count). The van der Waals surface area contributed by atoms with Crippen molar-refractivity contribution in [2.75, 3.05) is 13.2 Å². The maximum absolute atomic E-state index is 13.0. The van der Waals surface area contributed by atoms with Gasteiger partial charge in [0.1, 0.15) is 22.0 Å². The minimum Gasteiger partial charge on any atom is -0.472 e. The van der Waals surface area contributed by atoms with Crippen molar-refractivity contribution in [2.24, 2.45) is 7.05 Å². The van der Waals surface area contributed by atoms with Crippen molar-refractivity contribution < 1.29 is 17.9 Å². The molecule has 1 saturated heterocycles. The van der Waals surface area contributed by atoms with Gasteiger partial charge in [0, 0.05) is 25.7 Å². The smallest absolute Gasteiger partial charge is 0.243 e. The zero-order valence-electron chi connectivity index (χ0n) is 14.6. The summed E-state index contributed by atoms with van der Waals surface area (Å²) in [5, 5.41) is 8.33. The molecule has 1 N–H and O–H groups in total. The van der Waals surface area contributed by atoms with E-state index in [0.29, 0.717) is 29.9 Å². The molecule has 10 heteroatoms. The van der Waals surface area contributed by atoms with E-state index in [4.69, 9.17) is 9.47 Å². The molecule has 142 valence electrons. The van der Waals surface area contributed by atoms with E-state index in [0.717, 1.165) is 0 Å². The zero-order chi connectivity index (χ0) is 18.9. The number of benzene rings is 1.